The number of esters is 3. The molecule has 0 spiro atoms. The van der Waals surface area contributed by atoms with Gasteiger partial charge < -0.3 is 39.0 Å². The molecule has 0 aromatic rings. The minimum absolute atomic E-state index is 0.0324. The standard InChI is InChI=1S/C67H104O12/c1-4-7-10-13-16-19-22-25-28-29-30-31-34-37-40-43-46-49-52-55-61(70)78-65-63(72)62(71)64(66(73)74)79-67(65)76-57-58(77-60(69)54-51-48-45-42-39-36-33-27-24-21-18-15-12-9-6-3)56-75-59(68)53-50-47-44-41-38-35-32-26-23-20-17-14-11-8-5-2/h8-9,11-12,17-18,20-21,25-28,32-33,38-39,41-42,47-48,50-51,58,62-65,67,71-72H,4-7,10,13-16,19,22-24,29-31,34-37,40,43-46,49,52-57H2,1-3H3,(H,73,74)/b11-8-,12-9-,20-17-,21-18-,28-25-,32-26-,33-27-,41-38-,42-39-,50-47-,51-48-. The summed E-state index contributed by atoms with van der Waals surface area (Å²) in [7, 11) is 0. The van der Waals surface area contributed by atoms with E-state index in [1.165, 1.54) is 70.6 Å². The quantitative estimate of drug-likeness (QED) is 0.0228. The maximum Gasteiger partial charge on any atom is 0.335 e. The summed E-state index contributed by atoms with van der Waals surface area (Å²) in [6.07, 6.45) is 63.3. The molecule has 3 N–H and O–H groups in total. The zero-order valence-electron chi connectivity index (χ0n) is 48.8. The maximum absolute atomic E-state index is 13.1. The molecule has 1 saturated heterocycles. The Labute approximate surface area is 477 Å². The van der Waals surface area contributed by atoms with Crippen molar-refractivity contribution in [3.8, 4) is 0 Å². The number of unbranched alkanes of at least 4 members (excludes halogenated alkanes) is 15. The molecule has 0 bridgehead atoms. The number of hydrogen-bond donors (Lipinski definition) is 3. The third-order valence-corrected chi connectivity index (χ3v) is 12.8. The Morgan fingerprint density at radius 2 is 0.835 bits per heavy atom. The predicted octanol–water partition coefficient (Wildman–Crippen LogP) is 15.8. The Morgan fingerprint density at radius 1 is 0.443 bits per heavy atom. The fourth-order valence-electron chi connectivity index (χ4n) is 8.22. The Morgan fingerprint density at radius 3 is 1.27 bits per heavy atom. The van der Waals surface area contributed by atoms with Gasteiger partial charge in [0.15, 0.2) is 24.6 Å². The summed E-state index contributed by atoms with van der Waals surface area (Å²) in [4.78, 5) is 51.0. The molecule has 0 amide bonds. The number of aliphatic carboxylic acids is 1. The first-order chi connectivity index (χ1) is 38.6. The van der Waals surface area contributed by atoms with Crippen LogP contribution in [0.25, 0.3) is 0 Å². The summed E-state index contributed by atoms with van der Waals surface area (Å²) in [5.74, 6) is -3.47. The molecule has 0 aliphatic carbocycles. The van der Waals surface area contributed by atoms with E-state index in [1.54, 1.807) is 12.2 Å². The molecule has 0 aromatic heterocycles. The van der Waals surface area contributed by atoms with Crippen molar-refractivity contribution in [3.05, 3.63) is 134 Å². The van der Waals surface area contributed by atoms with Crippen LogP contribution in [0.15, 0.2) is 134 Å². The second-order valence-electron chi connectivity index (χ2n) is 19.9. The molecule has 0 saturated carbocycles. The molecule has 12 heteroatoms. The predicted molar refractivity (Wildman–Crippen MR) is 321 cm³/mol. The van der Waals surface area contributed by atoms with E-state index in [4.69, 9.17) is 23.7 Å². The van der Waals surface area contributed by atoms with Crippen LogP contribution in [0.1, 0.15) is 213 Å². The van der Waals surface area contributed by atoms with Crippen molar-refractivity contribution in [1.29, 1.82) is 0 Å². The maximum atomic E-state index is 13.1. The lowest BCUT2D eigenvalue weighted by Gasteiger charge is -2.40. The lowest BCUT2D eigenvalue weighted by atomic mass is 9.98. The van der Waals surface area contributed by atoms with Crippen molar-refractivity contribution in [2.24, 2.45) is 0 Å². The van der Waals surface area contributed by atoms with Crippen LogP contribution >= 0.6 is 0 Å². The second-order valence-corrected chi connectivity index (χ2v) is 19.9. The van der Waals surface area contributed by atoms with Gasteiger partial charge in [0.1, 0.15) is 18.8 Å². The van der Waals surface area contributed by atoms with Crippen LogP contribution in [0.5, 0.6) is 0 Å². The average Bonchev–Trinajstić information content (AvgIpc) is 3.46. The lowest BCUT2D eigenvalue weighted by Crippen LogP contribution is -2.61. The number of hydrogen-bond acceptors (Lipinski definition) is 11. The normalized spacial score (nSPS) is 18.8. The summed E-state index contributed by atoms with van der Waals surface area (Å²) >= 11 is 0. The van der Waals surface area contributed by atoms with Crippen molar-refractivity contribution >= 4 is 23.9 Å². The van der Waals surface area contributed by atoms with E-state index in [0.717, 1.165) is 83.5 Å². The van der Waals surface area contributed by atoms with Gasteiger partial charge in [-0.05, 0) is 96.3 Å². The highest BCUT2D eigenvalue weighted by atomic mass is 16.7. The van der Waals surface area contributed by atoms with Crippen molar-refractivity contribution < 1.29 is 58.2 Å². The number of carbonyl (C=O) groups excluding carboxylic acids is 3. The fraction of sp³-hybridized carbons (Fsp3) is 0.612. The molecule has 1 fully saturated rings. The van der Waals surface area contributed by atoms with Gasteiger partial charge in [-0.3, -0.25) is 14.4 Å². The molecule has 444 valence electrons. The van der Waals surface area contributed by atoms with Crippen molar-refractivity contribution in [3.63, 3.8) is 0 Å². The van der Waals surface area contributed by atoms with E-state index >= 15 is 0 Å². The number of carbonyl (C=O) groups is 4. The Hall–Kier alpha value is -5.14. The third kappa shape index (κ3) is 43.4. The first kappa shape index (κ1) is 71.9. The molecule has 12 nitrogen and oxygen atoms in total. The SMILES string of the molecule is CC/C=C\C/C=C\C/C=C\C/C=C\C/C=C\CC(=O)OCC(COC1OC(C(=O)O)C(O)C(O)C1OC(=O)CCCCCCCCCCC/C=C\CCCCCCCC)OC(=O)C/C=C\C/C=C\C/C=C\C/C=C\C/C=C\CC. The summed E-state index contributed by atoms with van der Waals surface area (Å²) in [5, 5.41) is 31.5. The molecular formula is C67H104O12. The van der Waals surface area contributed by atoms with Gasteiger partial charge in [-0.1, -0.05) is 231 Å². The van der Waals surface area contributed by atoms with E-state index in [1.807, 2.05) is 36.5 Å². The Bertz CT molecular complexity index is 1880. The van der Waals surface area contributed by atoms with Gasteiger partial charge in [0, 0.05) is 6.42 Å². The van der Waals surface area contributed by atoms with Gasteiger partial charge in [0.05, 0.1) is 19.4 Å². The number of ether oxygens (including phenoxy) is 5. The molecule has 1 aliphatic heterocycles. The number of carboxylic acid groups (broad SMARTS) is 1. The number of rotatable bonds is 49. The topological polar surface area (TPSA) is 175 Å². The number of carboxylic acids is 1. The van der Waals surface area contributed by atoms with Gasteiger partial charge in [0.25, 0.3) is 0 Å². The second kappa shape index (κ2) is 53.5. The number of allylic oxidation sites excluding steroid dienone is 20. The monoisotopic (exact) mass is 1100 g/mol. The number of aliphatic hydroxyl groups is 2. The summed E-state index contributed by atoms with van der Waals surface area (Å²) in [6, 6.07) is 0. The summed E-state index contributed by atoms with van der Waals surface area (Å²) in [5.41, 5.74) is 0. The Kier molecular flexibility index (Phi) is 48.7. The van der Waals surface area contributed by atoms with Gasteiger partial charge in [-0.15, -0.1) is 0 Å². The lowest BCUT2D eigenvalue weighted by molar-refractivity contribution is -0.301. The van der Waals surface area contributed by atoms with Crippen LogP contribution in [0.2, 0.25) is 0 Å². The molecular weight excluding hydrogens is 997 g/mol. The van der Waals surface area contributed by atoms with Crippen LogP contribution in [0, 0.1) is 0 Å². The zero-order valence-corrected chi connectivity index (χ0v) is 48.8. The molecule has 6 atom stereocenters. The van der Waals surface area contributed by atoms with Gasteiger partial charge >= 0.3 is 23.9 Å². The smallest absolute Gasteiger partial charge is 0.335 e. The van der Waals surface area contributed by atoms with Gasteiger partial charge in [-0.25, -0.2) is 4.79 Å². The molecule has 6 unspecified atom stereocenters. The van der Waals surface area contributed by atoms with E-state index < -0.39 is 73.9 Å². The van der Waals surface area contributed by atoms with Crippen LogP contribution < -0.4 is 0 Å². The number of aliphatic hydroxyl groups excluding tert-OH is 2. The van der Waals surface area contributed by atoms with Crippen molar-refractivity contribution in [2.45, 2.75) is 250 Å². The fourth-order valence-corrected chi connectivity index (χ4v) is 8.22. The first-order valence-corrected chi connectivity index (χ1v) is 30.2. The average molecular weight is 1100 g/mol. The molecule has 1 rings (SSSR count). The van der Waals surface area contributed by atoms with E-state index in [9.17, 15) is 34.5 Å². The summed E-state index contributed by atoms with van der Waals surface area (Å²) in [6.45, 7) is 5.58. The van der Waals surface area contributed by atoms with E-state index in [2.05, 4.69) is 106 Å². The van der Waals surface area contributed by atoms with Crippen LogP contribution in [-0.4, -0.2) is 89.2 Å². The minimum Gasteiger partial charge on any atom is -0.479 e. The van der Waals surface area contributed by atoms with Crippen molar-refractivity contribution in [2.75, 3.05) is 13.2 Å². The van der Waals surface area contributed by atoms with Crippen LogP contribution in [-0.2, 0) is 42.9 Å². The highest BCUT2D eigenvalue weighted by Crippen LogP contribution is 2.26. The highest BCUT2D eigenvalue weighted by molar-refractivity contribution is 5.74. The van der Waals surface area contributed by atoms with E-state index in [-0.39, 0.29) is 19.3 Å². The van der Waals surface area contributed by atoms with Crippen molar-refractivity contribution in [1.82, 2.24) is 0 Å². The minimum atomic E-state index is -1.93. The Balaban J connectivity index is 2.77. The van der Waals surface area contributed by atoms with Crippen LogP contribution in [0.4, 0.5) is 0 Å². The largest absolute Gasteiger partial charge is 0.479 e. The van der Waals surface area contributed by atoms with Gasteiger partial charge in [0.2, 0.25) is 0 Å². The molecule has 0 radical (unpaired) electrons. The molecule has 1 heterocycles. The molecule has 1 aliphatic rings. The van der Waals surface area contributed by atoms with E-state index in [0.29, 0.717) is 19.3 Å². The van der Waals surface area contributed by atoms with Crippen LogP contribution in [0.3, 0.4) is 0 Å². The summed E-state index contributed by atoms with van der Waals surface area (Å²) < 4.78 is 28.2. The third-order valence-electron chi connectivity index (χ3n) is 12.8. The highest BCUT2D eigenvalue weighted by Gasteiger charge is 2.50. The first-order valence-electron chi connectivity index (χ1n) is 30.2. The molecule has 0 aromatic carbocycles. The van der Waals surface area contributed by atoms with Gasteiger partial charge in [-0.2, -0.15) is 0 Å². The zero-order chi connectivity index (χ0) is 57.5. The molecule has 79 heavy (non-hydrogen) atoms.